The van der Waals surface area contributed by atoms with Gasteiger partial charge in [0.1, 0.15) is 0 Å². The second-order valence-corrected chi connectivity index (χ2v) is 3.28. The molecule has 0 saturated heterocycles. The molecule has 0 bridgehead atoms. The van der Waals surface area contributed by atoms with Crippen LogP contribution in [0.3, 0.4) is 0 Å². The smallest absolute Gasteiger partial charge is 0.317 e. The molecule has 0 rings (SSSR count). The molecule has 14 heavy (non-hydrogen) atoms. The van der Waals surface area contributed by atoms with Crippen LogP contribution in [-0.2, 0) is 9.59 Å². The largest absolute Gasteiger partial charge is 0.481 e. The predicted octanol–water partition coefficient (Wildman–Crippen LogP) is 0.552. The van der Waals surface area contributed by atoms with Gasteiger partial charge in [0, 0.05) is 6.42 Å². The minimum absolute atomic E-state index is 0.0249. The van der Waals surface area contributed by atoms with Gasteiger partial charge < -0.3 is 15.5 Å². The lowest BCUT2D eigenvalue weighted by molar-refractivity contribution is -0.138. The van der Waals surface area contributed by atoms with Crippen molar-refractivity contribution < 1.29 is 19.8 Å². The van der Waals surface area contributed by atoms with E-state index < -0.39 is 11.9 Å². The van der Waals surface area contributed by atoms with E-state index in [9.17, 15) is 9.59 Å². The molecule has 0 spiro atoms. The molecule has 0 aromatic heterocycles. The number of rotatable bonds is 8. The Hall–Kier alpha value is -1.10. The summed E-state index contributed by atoms with van der Waals surface area (Å²) in [4.78, 5) is 20.6. The first-order valence-electron chi connectivity index (χ1n) is 4.70. The molecule has 0 radical (unpaired) electrons. The molecule has 0 fully saturated rings. The third-order valence-corrected chi connectivity index (χ3v) is 1.87. The van der Waals surface area contributed by atoms with E-state index in [0.717, 1.165) is 12.8 Å². The number of carbonyl (C=O) groups is 2. The quantitative estimate of drug-likeness (QED) is 0.536. The van der Waals surface area contributed by atoms with Crippen LogP contribution in [0.5, 0.6) is 0 Å². The molecule has 0 aliphatic carbocycles. The molecule has 0 aliphatic heterocycles. The van der Waals surface area contributed by atoms with Gasteiger partial charge in [-0.15, -0.1) is 0 Å². The van der Waals surface area contributed by atoms with Gasteiger partial charge in [0.25, 0.3) is 0 Å². The van der Waals surface area contributed by atoms with E-state index in [1.807, 2.05) is 6.92 Å². The third-order valence-electron chi connectivity index (χ3n) is 1.87. The molecule has 0 amide bonds. The highest BCUT2D eigenvalue weighted by atomic mass is 16.4. The van der Waals surface area contributed by atoms with Crippen LogP contribution in [0, 0.1) is 5.92 Å². The Labute approximate surface area is 83.1 Å². The van der Waals surface area contributed by atoms with Gasteiger partial charge in [-0.05, 0) is 18.9 Å². The molecule has 5 nitrogen and oxygen atoms in total. The van der Waals surface area contributed by atoms with Crippen LogP contribution in [-0.4, -0.2) is 35.2 Å². The summed E-state index contributed by atoms with van der Waals surface area (Å²) in [6.07, 6.45) is 1.81. The van der Waals surface area contributed by atoms with E-state index in [1.54, 1.807) is 0 Å². The third kappa shape index (κ3) is 7.54. The van der Waals surface area contributed by atoms with Crippen LogP contribution in [0.4, 0.5) is 0 Å². The van der Waals surface area contributed by atoms with Gasteiger partial charge in [-0.3, -0.25) is 9.59 Å². The summed E-state index contributed by atoms with van der Waals surface area (Å²) in [5.74, 6) is -1.73. The lowest BCUT2D eigenvalue weighted by atomic mass is 10.00. The highest BCUT2D eigenvalue weighted by Gasteiger charge is 2.12. The summed E-state index contributed by atoms with van der Waals surface area (Å²) in [7, 11) is 0. The van der Waals surface area contributed by atoms with Gasteiger partial charge in [-0.25, -0.2) is 0 Å². The Morgan fingerprint density at radius 3 is 2.36 bits per heavy atom. The Bertz CT molecular complexity index is 193. The van der Waals surface area contributed by atoms with Crippen LogP contribution in [0.25, 0.3) is 0 Å². The molecule has 3 N–H and O–H groups in total. The SMILES string of the molecule is CCCC(CNCC(=O)O)CC(=O)O. The normalized spacial score (nSPS) is 12.4. The van der Waals surface area contributed by atoms with Crippen LogP contribution in [0.1, 0.15) is 26.2 Å². The van der Waals surface area contributed by atoms with Crippen molar-refractivity contribution in [2.45, 2.75) is 26.2 Å². The summed E-state index contributed by atoms with van der Waals surface area (Å²) < 4.78 is 0. The molecule has 82 valence electrons. The summed E-state index contributed by atoms with van der Waals surface area (Å²) >= 11 is 0. The van der Waals surface area contributed by atoms with Crippen molar-refractivity contribution in [3.63, 3.8) is 0 Å². The minimum atomic E-state index is -0.921. The minimum Gasteiger partial charge on any atom is -0.481 e. The lowest BCUT2D eigenvalue weighted by Gasteiger charge is -2.13. The number of hydrogen-bond acceptors (Lipinski definition) is 3. The van der Waals surface area contributed by atoms with Crippen molar-refractivity contribution in [1.29, 1.82) is 0 Å². The Morgan fingerprint density at radius 2 is 1.93 bits per heavy atom. The molecule has 1 atom stereocenters. The maximum absolute atomic E-state index is 10.4. The topological polar surface area (TPSA) is 86.6 Å². The summed E-state index contributed by atoms with van der Waals surface area (Å²) in [6, 6.07) is 0. The van der Waals surface area contributed by atoms with Crippen molar-refractivity contribution in [1.82, 2.24) is 5.32 Å². The van der Waals surface area contributed by atoms with Gasteiger partial charge in [0.2, 0.25) is 0 Å². The zero-order chi connectivity index (χ0) is 11.0. The van der Waals surface area contributed by atoms with Gasteiger partial charge in [0.15, 0.2) is 0 Å². The second kappa shape index (κ2) is 7.32. The first-order chi connectivity index (χ1) is 6.56. The highest BCUT2D eigenvalue weighted by Crippen LogP contribution is 2.09. The highest BCUT2D eigenvalue weighted by molar-refractivity contribution is 5.69. The van der Waals surface area contributed by atoms with Crippen molar-refractivity contribution in [3.8, 4) is 0 Å². The van der Waals surface area contributed by atoms with Crippen LogP contribution in [0.15, 0.2) is 0 Å². The zero-order valence-corrected chi connectivity index (χ0v) is 8.32. The molecule has 0 saturated carbocycles. The van der Waals surface area contributed by atoms with Crippen molar-refractivity contribution in [2.24, 2.45) is 5.92 Å². The molecular weight excluding hydrogens is 186 g/mol. The van der Waals surface area contributed by atoms with E-state index in [0.29, 0.717) is 6.54 Å². The van der Waals surface area contributed by atoms with Gasteiger partial charge in [-0.1, -0.05) is 13.3 Å². The Morgan fingerprint density at radius 1 is 1.29 bits per heavy atom. The molecule has 0 aromatic carbocycles. The second-order valence-electron chi connectivity index (χ2n) is 3.28. The van der Waals surface area contributed by atoms with E-state index in [2.05, 4.69) is 5.32 Å². The first kappa shape index (κ1) is 12.9. The van der Waals surface area contributed by atoms with Crippen molar-refractivity contribution in [3.05, 3.63) is 0 Å². The molecule has 5 heteroatoms. The number of carboxylic acids is 2. The van der Waals surface area contributed by atoms with Crippen molar-refractivity contribution in [2.75, 3.05) is 13.1 Å². The Balaban J connectivity index is 3.72. The average Bonchev–Trinajstić information content (AvgIpc) is 2.02. The molecule has 0 aromatic rings. The van der Waals surface area contributed by atoms with Crippen molar-refractivity contribution >= 4 is 11.9 Å². The maximum Gasteiger partial charge on any atom is 0.317 e. The predicted molar refractivity (Wildman–Crippen MR) is 51.2 cm³/mol. The summed E-state index contributed by atoms with van der Waals surface area (Å²) in [6.45, 7) is 2.32. The first-order valence-corrected chi connectivity index (χ1v) is 4.70. The van der Waals surface area contributed by atoms with Gasteiger partial charge in [-0.2, -0.15) is 0 Å². The summed E-state index contributed by atoms with van der Waals surface area (Å²) in [5, 5.41) is 19.6. The monoisotopic (exact) mass is 203 g/mol. The molecule has 0 aliphatic rings. The number of hydrogen-bond donors (Lipinski definition) is 3. The maximum atomic E-state index is 10.4. The molecule has 0 heterocycles. The van der Waals surface area contributed by atoms with Crippen LogP contribution in [0.2, 0.25) is 0 Å². The number of aliphatic carboxylic acids is 2. The van der Waals surface area contributed by atoms with E-state index >= 15 is 0 Å². The standard InChI is InChI=1S/C9H17NO4/c1-2-3-7(4-8(11)12)5-10-6-9(13)14/h7,10H,2-6H2,1H3,(H,11,12)(H,13,14). The average molecular weight is 203 g/mol. The van der Waals surface area contributed by atoms with Crippen LogP contribution >= 0.6 is 0 Å². The Kier molecular flexibility index (Phi) is 6.74. The van der Waals surface area contributed by atoms with Crippen LogP contribution < -0.4 is 5.32 Å². The number of nitrogens with one attached hydrogen (secondary N) is 1. The fourth-order valence-electron chi connectivity index (χ4n) is 1.31. The summed E-state index contributed by atoms with van der Waals surface area (Å²) in [5.41, 5.74) is 0. The lowest BCUT2D eigenvalue weighted by Crippen LogP contribution is -2.29. The van der Waals surface area contributed by atoms with E-state index in [4.69, 9.17) is 10.2 Å². The fraction of sp³-hybridized carbons (Fsp3) is 0.778. The zero-order valence-electron chi connectivity index (χ0n) is 8.32. The molecule has 1 unspecified atom stereocenters. The van der Waals surface area contributed by atoms with E-state index in [1.165, 1.54) is 0 Å². The molecular formula is C9H17NO4. The van der Waals surface area contributed by atoms with Gasteiger partial charge >= 0.3 is 11.9 Å². The van der Waals surface area contributed by atoms with Gasteiger partial charge in [0.05, 0.1) is 6.54 Å². The number of carboxylic acid groups (broad SMARTS) is 2. The van der Waals surface area contributed by atoms with E-state index in [-0.39, 0.29) is 18.9 Å². The fourth-order valence-corrected chi connectivity index (χ4v) is 1.31.